The van der Waals surface area contributed by atoms with Crippen LogP contribution in [-0.4, -0.2) is 32.5 Å². The molecule has 6 heteroatoms. The van der Waals surface area contributed by atoms with Gasteiger partial charge in [-0.3, -0.25) is 14.9 Å². The first-order valence-corrected chi connectivity index (χ1v) is 6.78. The molecule has 0 aromatic carbocycles. The maximum Gasteiger partial charge on any atom is 0.188 e. The van der Waals surface area contributed by atoms with Gasteiger partial charge in [-0.2, -0.15) is 0 Å². The minimum absolute atomic E-state index is 0.0182. The Morgan fingerprint density at radius 3 is 2.76 bits per heavy atom. The van der Waals surface area contributed by atoms with Crippen molar-refractivity contribution in [2.24, 2.45) is 10.9 Å². The first-order chi connectivity index (χ1) is 10.2. The second kappa shape index (κ2) is 7.35. The van der Waals surface area contributed by atoms with E-state index in [4.69, 9.17) is 10.9 Å². The van der Waals surface area contributed by atoms with Crippen molar-refractivity contribution in [1.29, 1.82) is 0 Å². The third-order valence-electron chi connectivity index (χ3n) is 3.16. The largest absolute Gasteiger partial charge is 0.409 e. The number of pyridine rings is 2. The molecule has 6 nitrogen and oxygen atoms in total. The average Bonchev–Trinajstić information content (AvgIpc) is 2.54. The van der Waals surface area contributed by atoms with E-state index in [1.165, 1.54) is 0 Å². The fourth-order valence-corrected chi connectivity index (χ4v) is 2.02. The third kappa shape index (κ3) is 4.25. The van der Waals surface area contributed by atoms with E-state index >= 15 is 0 Å². The maximum absolute atomic E-state index is 8.71. The molecule has 0 radical (unpaired) electrons. The molecular weight excluding hydrogens is 266 g/mol. The van der Waals surface area contributed by atoms with Crippen LogP contribution >= 0.6 is 0 Å². The van der Waals surface area contributed by atoms with Gasteiger partial charge in [-0.15, -0.1) is 0 Å². The Labute approximate surface area is 123 Å². The van der Waals surface area contributed by atoms with Crippen molar-refractivity contribution in [1.82, 2.24) is 14.9 Å². The molecule has 0 spiro atoms. The Balaban J connectivity index is 2.08. The molecule has 0 unspecified atom stereocenters. The number of hydrogen-bond acceptors (Lipinski definition) is 5. The fourth-order valence-electron chi connectivity index (χ4n) is 2.02. The van der Waals surface area contributed by atoms with Crippen molar-refractivity contribution < 1.29 is 5.21 Å². The summed E-state index contributed by atoms with van der Waals surface area (Å²) in [5.41, 5.74) is 8.13. The second-order valence-corrected chi connectivity index (χ2v) is 4.66. The number of nitrogens with zero attached hydrogens (tertiary/aromatic N) is 4. The lowest BCUT2D eigenvalue weighted by molar-refractivity contribution is 0.268. The van der Waals surface area contributed by atoms with Crippen LogP contribution in [0.1, 0.15) is 23.9 Å². The molecule has 2 rings (SSSR count). The third-order valence-corrected chi connectivity index (χ3v) is 3.16. The Bertz CT molecular complexity index is 600. The van der Waals surface area contributed by atoms with Gasteiger partial charge in [-0.25, -0.2) is 0 Å². The molecule has 0 aliphatic rings. The molecule has 0 fully saturated rings. The van der Waals surface area contributed by atoms with Crippen molar-refractivity contribution in [2.45, 2.75) is 20.0 Å². The smallest absolute Gasteiger partial charge is 0.188 e. The van der Waals surface area contributed by atoms with Crippen LogP contribution in [0, 0.1) is 0 Å². The molecule has 2 aromatic heterocycles. The zero-order valence-corrected chi connectivity index (χ0v) is 12.0. The average molecular weight is 285 g/mol. The highest BCUT2D eigenvalue weighted by Crippen LogP contribution is 2.09. The maximum atomic E-state index is 8.71. The first kappa shape index (κ1) is 14.9. The molecule has 0 saturated heterocycles. The quantitative estimate of drug-likeness (QED) is 0.364. The lowest BCUT2D eigenvalue weighted by atomic mass is 10.2. The summed E-state index contributed by atoms with van der Waals surface area (Å²) in [5.74, 6) is 0.0182. The number of nitrogens with two attached hydrogens (primary N) is 1. The molecular formula is C15H19N5O. The van der Waals surface area contributed by atoms with Gasteiger partial charge in [0.2, 0.25) is 0 Å². The summed E-state index contributed by atoms with van der Waals surface area (Å²) >= 11 is 0. The van der Waals surface area contributed by atoms with E-state index in [1.54, 1.807) is 12.4 Å². The van der Waals surface area contributed by atoms with Gasteiger partial charge in [-0.1, -0.05) is 18.1 Å². The van der Waals surface area contributed by atoms with Crippen LogP contribution in [0.15, 0.2) is 47.9 Å². The summed E-state index contributed by atoms with van der Waals surface area (Å²) in [6.45, 7) is 4.53. The van der Waals surface area contributed by atoms with Crippen LogP contribution in [0.2, 0.25) is 0 Å². The van der Waals surface area contributed by atoms with Gasteiger partial charge in [0.25, 0.3) is 0 Å². The van der Waals surface area contributed by atoms with E-state index in [0.29, 0.717) is 5.69 Å². The molecule has 0 saturated carbocycles. The number of oxime groups is 1. The van der Waals surface area contributed by atoms with E-state index < -0.39 is 0 Å². The predicted molar refractivity (Wildman–Crippen MR) is 80.8 cm³/mol. The lowest BCUT2D eigenvalue weighted by Crippen LogP contribution is -2.23. The minimum atomic E-state index is 0.0182. The van der Waals surface area contributed by atoms with Crippen LogP contribution in [0.25, 0.3) is 0 Å². The van der Waals surface area contributed by atoms with Gasteiger partial charge in [0, 0.05) is 25.5 Å². The van der Waals surface area contributed by atoms with Gasteiger partial charge >= 0.3 is 0 Å². The summed E-state index contributed by atoms with van der Waals surface area (Å²) < 4.78 is 0. The first-order valence-electron chi connectivity index (χ1n) is 6.78. The summed E-state index contributed by atoms with van der Waals surface area (Å²) in [4.78, 5) is 10.7. The number of aromatic nitrogens is 2. The van der Waals surface area contributed by atoms with Crippen molar-refractivity contribution in [3.05, 3.63) is 59.7 Å². The van der Waals surface area contributed by atoms with Gasteiger partial charge in [0.05, 0.1) is 5.69 Å². The normalized spacial score (nSPS) is 11.8. The van der Waals surface area contributed by atoms with Crippen LogP contribution in [0.3, 0.4) is 0 Å². The van der Waals surface area contributed by atoms with Crippen molar-refractivity contribution in [2.75, 3.05) is 6.54 Å². The minimum Gasteiger partial charge on any atom is -0.409 e. The number of amidine groups is 1. The molecule has 2 aromatic rings. The van der Waals surface area contributed by atoms with Crippen LogP contribution in [0.5, 0.6) is 0 Å². The zero-order chi connectivity index (χ0) is 15.1. The van der Waals surface area contributed by atoms with E-state index in [0.717, 1.165) is 30.9 Å². The lowest BCUT2D eigenvalue weighted by Gasteiger charge is -2.20. The van der Waals surface area contributed by atoms with Crippen molar-refractivity contribution in [3.8, 4) is 0 Å². The number of rotatable bonds is 6. The highest BCUT2D eigenvalue weighted by atomic mass is 16.4. The summed E-state index contributed by atoms with van der Waals surface area (Å²) in [5, 5.41) is 11.7. The monoisotopic (exact) mass is 285 g/mol. The van der Waals surface area contributed by atoms with Crippen LogP contribution in [0.4, 0.5) is 0 Å². The SMILES string of the molecule is CCN(Cc1ccnc(/C(N)=N/O)c1)Cc1ccccn1. The standard InChI is InChI=1S/C15H19N5O/c1-2-20(11-13-5-3-4-7-17-13)10-12-6-8-18-14(9-12)15(16)19-21/h3-9,21H,2,10-11H2,1H3,(H2,16,19). The molecule has 0 bridgehead atoms. The van der Waals surface area contributed by atoms with E-state index in [2.05, 4.69) is 26.9 Å². The van der Waals surface area contributed by atoms with Gasteiger partial charge < -0.3 is 10.9 Å². The summed E-state index contributed by atoms with van der Waals surface area (Å²) in [6.07, 6.45) is 3.46. The van der Waals surface area contributed by atoms with E-state index in [1.807, 2.05) is 30.3 Å². The van der Waals surface area contributed by atoms with Gasteiger partial charge in [-0.05, 0) is 36.4 Å². The fraction of sp³-hybridized carbons (Fsp3) is 0.267. The van der Waals surface area contributed by atoms with Crippen molar-refractivity contribution in [3.63, 3.8) is 0 Å². The van der Waals surface area contributed by atoms with Crippen molar-refractivity contribution >= 4 is 5.84 Å². The summed E-state index contributed by atoms with van der Waals surface area (Å²) in [6, 6.07) is 9.66. The second-order valence-electron chi connectivity index (χ2n) is 4.66. The van der Waals surface area contributed by atoms with Gasteiger partial charge in [0.15, 0.2) is 5.84 Å². The molecule has 110 valence electrons. The molecule has 2 heterocycles. The molecule has 0 aliphatic carbocycles. The zero-order valence-electron chi connectivity index (χ0n) is 12.0. The Kier molecular flexibility index (Phi) is 5.22. The van der Waals surface area contributed by atoms with Crippen LogP contribution < -0.4 is 5.73 Å². The molecule has 21 heavy (non-hydrogen) atoms. The topological polar surface area (TPSA) is 87.6 Å². The Morgan fingerprint density at radius 2 is 2.10 bits per heavy atom. The Morgan fingerprint density at radius 1 is 1.24 bits per heavy atom. The molecule has 0 aliphatic heterocycles. The summed E-state index contributed by atoms with van der Waals surface area (Å²) in [7, 11) is 0. The highest BCUT2D eigenvalue weighted by molar-refractivity contribution is 5.95. The van der Waals surface area contributed by atoms with E-state index in [-0.39, 0.29) is 5.84 Å². The predicted octanol–water partition coefficient (Wildman–Crippen LogP) is 1.59. The van der Waals surface area contributed by atoms with Gasteiger partial charge in [0.1, 0.15) is 5.69 Å². The Hall–Kier alpha value is -2.47. The molecule has 0 amide bonds. The molecule has 3 N–H and O–H groups in total. The molecule has 0 atom stereocenters. The highest BCUT2D eigenvalue weighted by Gasteiger charge is 2.08. The van der Waals surface area contributed by atoms with Crippen LogP contribution in [-0.2, 0) is 13.1 Å². The van der Waals surface area contributed by atoms with E-state index in [9.17, 15) is 0 Å². The number of hydrogen-bond donors (Lipinski definition) is 2.